The number of hydrogen-bond donors (Lipinski definition) is 0. The monoisotopic (exact) mass is 490 g/mol. The van der Waals surface area contributed by atoms with Gasteiger partial charge in [0, 0.05) is 51.8 Å². The number of benzene rings is 1. The molecule has 0 bridgehead atoms. The van der Waals surface area contributed by atoms with E-state index >= 15 is 0 Å². The molecule has 0 radical (unpaired) electrons. The molecular formula is C22H22F4N8O. The lowest BCUT2D eigenvalue weighted by atomic mass is 9.82. The second-order valence-electron chi connectivity index (χ2n) is 8.80. The fraction of sp³-hybridized carbons (Fsp3) is 0.409. The number of carbonyl (C=O) groups excluding carboxylic acids is 1. The highest BCUT2D eigenvalue weighted by Gasteiger charge is 2.45. The molecule has 0 spiro atoms. The summed E-state index contributed by atoms with van der Waals surface area (Å²) in [5.41, 5.74) is -0.557. The standard InChI is InChI=1S/C22H22F4N8O/c1-31(2)21-29-18(22(24,25)26)10-19(30-21)33-11-13-5-8-32(12-17(13)33)20(35)15-4-3-14(23)9-16(15)34-27-6-7-28-34/h3-4,6-7,9-10,13,17H,5,8,11-12H2,1-2H3/t13-,17-/m0/s1. The third-order valence-corrected chi connectivity index (χ3v) is 6.35. The topological polar surface area (TPSA) is 83.3 Å². The third-order valence-electron chi connectivity index (χ3n) is 6.35. The van der Waals surface area contributed by atoms with Crippen molar-refractivity contribution in [2.24, 2.45) is 5.92 Å². The van der Waals surface area contributed by atoms with E-state index in [0.29, 0.717) is 26.1 Å². The number of likely N-dealkylation sites (tertiary alicyclic amines) is 1. The van der Waals surface area contributed by atoms with Gasteiger partial charge in [0.25, 0.3) is 5.91 Å². The molecule has 0 aliphatic carbocycles. The van der Waals surface area contributed by atoms with E-state index in [9.17, 15) is 22.4 Å². The highest BCUT2D eigenvalue weighted by Crippen LogP contribution is 2.39. The minimum Gasteiger partial charge on any atom is -0.351 e. The first kappa shape index (κ1) is 23.0. The van der Waals surface area contributed by atoms with Crippen LogP contribution in [-0.4, -0.2) is 75.5 Å². The molecule has 1 amide bonds. The van der Waals surface area contributed by atoms with Gasteiger partial charge < -0.3 is 14.7 Å². The average molecular weight is 490 g/mol. The Bertz CT molecular complexity index is 1250. The number of hydrogen-bond acceptors (Lipinski definition) is 7. The van der Waals surface area contributed by atoms with Gasteiger partial charge in [-0.15, -0.1) is 0 Å². The van der Waals surface area contributed by atoms with E-state index in [2.05, 4.69) is 20.2 Å². The predicted molar refractivity (Wildman–Crippen MR) is 118 cm³/mol. The van der Waals surface area contributed by atoms with Gasteiger partial charge in [0.05, 0.1) is 24.0 Å². The van der Waals surface area contributed by atoms with E-state index < -0.39 is 17.7 Å². The highest BCUT2D eigenvalue weighted by molar-refractivity contribution is 5.97. The van der Waals surface area contributed by atoms with Crippen molar-refractivity contribution in [1.82, 2.24) is 29.9 Å². The lowest BCUT2D eigenvalue weighted by molar-refractivity contribution is -0.141. The summed E-state index contributed by atoms with van der Waals surface area (Å²) in [5.74, 6) is -0.486. The number of carbonyl (C=O) groups is 1. The third kappa shape index (κ3) is 4.26. The van der Waals surface area contributed by atoms with Crippen LogP contribution in [0, 0.1) is 11.7 Å². The van der Waals surface area contributed by atoms with E-state index in [1.807, 2.05) is 0 Å². The summed E-state index contributed by atoms with van der Waals surface area (Å²) in [7, 11) is 3.15. The van der Waals surface area contributed by atoms with E-state index in [1.165, 1.54) is 40.3 Å². The van der Waals surface area contributed by atoms with Gasteiger partial charge in [0.1, 0.15) is 17.3 Å². The van der Waals surface area contributed by atoms with Gasteiger partial charge in [-0.2, -0.15) is 33.1 Å². The second-order valence-corrected chi connectivity index (χ2v) is 8.80. The van der Waals surface area contributed by atoms with E-state index in [4.69, 9.17) is 0 Å². The lowest BCUT2D eigenvalue weighted by Gasteiger charge is -2.54. The van der Waals surface area contributed by atoms with Crippen molar-refractivity contribution in [3.8, 4) is 5.69 Å². The van der Waals surface area contributed by atoms with Gasteiger partial charge in [-0.1, -0.05) is 0 Å². The van der Waals surface area contributed by atoms with Crippen molar-refractivity contribution in [3.05, 3.63) is 53.7 Å². The fourth-order valence-corrected chi connectivity index (χ4v) is 4.52. The van der Waals surface area contributed by atoms with Crippen molar-refractivity contribution >= 4 is 17.7 Å². The van der Waals surface area contributed by atoms with Crippen LogP contribution in [0.4, 0.5) is 29.3 Å². The van der Waals surface area contributed by atoms with Crippen molar-refractivity contribution < 1.29 is 22.4 Å². The number of fused-ring (bicyclic) bond motifs is 1. The summed E-state index contributed by atoms with van der Waals surface area (Å²) in [6.45, 7) is 1.33. The van der Waals surface area contributed by atoms with Crippen LogP contribution in [0.5, 0.6) is 0 Å². The molecule has 1 aromatic carbocycles. The first-order valence-corrected chi connectivity index (χ1v) is 11.0. The van der Waals surface area contributed by atoms with Gasteiger partial charge in [0.15, 0.2) is 5.69 Å². The van der Waals surface area contributed by atoms with Gasteiger partial charge in [-0.3, -0.25) is 4.79 Å². The molecule has 2 fully saturated rings. The summed E-state index contributed by atoms with van der Waals surface area (Å²) in [5, 5.41) is 8.01. The quantitative estimate of drug-likeness (QED) is 0.520. The van der Waals surface area contributed by atoms with Crippen LogP contribution in [-0.2, 0) is 6.18 Å². The Morgan fingerprint density at radius 1 is 1.09 bits per heavy atom. The fourth-order valence-electron chi connectivity index (χ4n) is 4.52. The van der Waals surface area contributed by atoms with Gasteiger partial charge in [0.2, 0.25) is 5.95 Å². The normalized spacial score (nSPS) is 19.8. The van der Waals surface area contributed by atoms with Crippen molar-refractivity contribution in [2.45, 2.75) is 18.6 Å². The maximum absolute atomic E-state index is 13.9. The van der Waals surface area contributed by atoms with Crippen molar-refractivity contribution in [1.29, 1.82) is 0 Å². The van der Waals surface area contributed by atoms with Crippen LogP contribution in [0.1, 0.15) is 22.5 Å². The molecule has 2 aromatic heterocycles. The summed E-state index contributed by atoms with van der Waals surface area (Å²) >= 11 is 0. The molecule has 0 unspecified atom stereocenters. The molecule has 184 valence electrons. The Balaban J connectivity index is 1.41. The van der Waals surface area contributed by atoms with Gasteiger partial charge in [-0.25, -0.2) is 9.37 Å². The molecule has 0 N–H and O–H groups in total. The summed E-state index contributed by atoms with van der Waals surface area (Å²) in [6, 6.07) is 4.55. The number of piperidine rings is 1. The zero-order chi connectivity index (χ0) is 24.9. The molecule has 13 heteroatoms. The molecule has 4 heterocycles. The minimum atomic E-state index is -4.61. The molecule has 2 aliphatic rings. The van der Waals surface area contributed by atoms with Crippen molar-refractivity contribution in [2.75, 3.05) is 43.5 Å². The number of halogens is 4. The Kier molecular flexibility index (Phi) is 5.56. The Morgan fingerprint density at radius 2 is 1.83 bits per heavy atom. The first-order valence-electron chi connectivity index (χ1n) is 11.0. The average Bonchev–Trinajstić information content (AvgIpc) is 3.33. The molecule has 5 rings (SSSR count). The van der Waals surface area contributed by atoms with Crippen LogP contribution in [0.3, 0.4) is 0 Å². The molecule has 2 aliphatic heterocycles. The first-order chi connectivity index (χ1) is 16.6. The van der Waals surface area contributed by atoms with Crippen LogP contribution < -0.4 is 9.80 Å². The summed E-state index contributed by atoms with van der Waals surface area (Å²) in [6.07, 6.45) is -1.06. The van der Waals surface area contributed by atoms with Crippen LogP contribution in [0.15, 0.2) is 36.7 Å². The molecule has 9 nitrogen and oxygen atoms in total. The maximum Gasteiger partial charge on any atom is 0.433 e. The van der Waals surface area contributed by atoms with Gasteiger partial charge in [-0.05, 0) is 18.6 Å². The Hall–Kier alpha value is -3.77. The number of alkyl halides is 3. The zero-order valence-electron chi connectivity index (χ0n) is 18.9. The molecular weight excluding hydrogens is 468 g/mol. The van der Waals surface area contributed by atoms with Crippen molar-refractivity contribution in [3.63, 3.8) is 0 Å². The van der Waals surface area contributed by atoms with Crippen LogP contribution in [0.2, 0.25) is 0 Å². The van der Waals surface area contributed by atoms with E-state index in [1.54, 1.807) is 23.9 Å². The van der Waals surface area contributed by atoms with Crippen LogP contribution >= 0.6 is 0 Å². The Labute approximate surface area is 198 Å². The highest BCUT2D eigenvalue weighted by atomic mass is 19.4. The van der Waals surface area contributed by atoms with E-state index in [0.717, 1.165) is 6.07 Å². The summed E-state index contributed by atoms with van der Waals surface area (Å²) in [4.78, 5) is 27.4. The van der Waals surface area contributed by atoms with Gasteiger partial charge >= 0.3 is 6.18 Å². The molecule has 0 saturated carbocycles. The van der Waals surface area contributed by atoms with E-state index in [-0.39, 0.29) is 40.9 Å². The smallest absolute Gasteiger partial charge is 0.351 e. The number of nitrogens with zero attached hydrogens (tertiary/aromatic N) is 8. The number of rotatable bonds is 4. The number of aromatic nitrogens is 5. The van der Waals surface area contributed by atoms with Crippen LogP contribution in [0.25, 0.3) is 5.69 Å². The molecule has 2 atom stereocenters. The maximum atomic E-state index is 13.9. The second kappa shape index (κ2) is 8.47. The molecule has 35 heavy (non-hydrogen) atoms. The number of anilines is 2. The predicted octanol–water partition coefficient (Wildman–Crippen LogP) is 2.63. The minimum absolute atomic E-state index is 0.0373. The number of amides is 1. The summed E-state index contributed by atoms with van der Waals surface area (Å²) < 4.78 is 54.3. The molecule has 3 aromatic rings. The molecule has 2 saturated heterocycles. The zero-order valence-corrected chi connectivity index (χ0v) is 18.9. The SMILES string of the molecule is CN(C)c1nc(N2C[C@@H]3CCN(C(=O)c4ccc(F)cc4-n4nccn4)C[C@@H]32)cc(C(F)(F)F)n1. The lowest BCUT2D eigenvalue weighted by Crippen LogP contribution is -2.65. The Morgan fingerprint density at radius 3 is 2.51 bits per heavy atom. The largest absolute Gasteiger partial charge is 0.433 e.